The monoisotopic (exact) mass is 257 g/mol. The van der Waals surface area contributed by atoms with Gasteiger partial charge in [0.15, 0.2) is 0 Å². The molecular weight excluding hydrogens is 253 g/mol. The van der Waals surface area contributed by atoms with E-state index in [0.717, 1.165) is 0 Å². The van der Waals surface area contributed by atoms with Gasteiger partial charge in [0.25, 0.3) is 5.82 Å². The van der Waals surface area contributed by atoms with Crippen LogP contribution in [0.4, 0.5) is 0 Å². The van der Waals surface area contributed by atoms with Crippen LogP contribution in [0.25, 0.3) is 5.69 Å². The first-order chi connectivity index (χ1) is 7.59. The van der Waals surface area contributed by atoms with E-state index in [1.165, 1.54) is 11.0 Å². The SMILES string of the molecule is O=C(O)c1ncn(-c2cccc(Cl)c2Cl)n1. The number of carbonyl (C=O) groups is 1. The Kier molecular flexibility index (Phi) is 2.80. The van der Waals surface area contributed by atoms with Crippen molar-refractivity contribution in [2.24, 2.45) is 0 Å². The number of aromatic nitrogens is 3. The number of hydrogen-bond acceptors (Lipinski definition) is 3. The Bertz CT molecular complexity index is 553. The van der Waals surface area contributed by atoms with Crippen LogP contribution in [0.15, 0.2) is 24.5 Å². The fraction of sp³-hybridized carbons (Fsp3) is 0. The highest BCUT2D eigenvalue weighted by Crippen LogP contribution is 2.27. The zero-order chi connectivity index (χ0) is 11.7. The van der Waals surface area contributed by atoms with E-state index in [-0.39, 0.29) is 5.82 Å². The van der Waals surface area contributed by atoms with Gasteiger partial charge < -0.3 is 5.11 Å². The van der Waals surface area contributed by atoms with Crippen LogP contribution in [0.3, 0.4) is 0 Å². The van der Waals surface area contributed by atoms with E-state index in [4.69, 9.17) is 28.3 Å². The van der Waals surface area contributed by atoms with E-state index in [2.05, 4.69) is 10.1 Å². The van der Waals surface area contributed by atoms with Crippen molar-refractivity contribution in [1.82, 2.24) is 14.8 Å². The first-order valence-electron chi connectivity index (χ1n) is 4.19. The fourth-order valence-electron chi connectivity index (χ4n) is 1.15. The number of carboxylic acid groups (broad SMARTS) is 1. The molecule has 0 unspecified atom stereocenters. The van der Waals surface area contributed by atoms with Crippen molar-refractivity contribution < 1.29 is 9.90 Å². The Morgan fingerprint density at radius 2 is 2.12 bits per heavy atom. The van der Waals surface area contributed by atoms with Gasteiger partial charge in [-0.25, -0.2) is 14.5 Å². The summed E-state index contributed by atoms with van der Waals surface area (Å²) in [4.78, 5) is 14.2. The van der Waals surface area contributed by atoms with Gasteiger partial charge in [0, 0.05) is 0 Å². The molecule has 1 N–H and O–H groups in total. The molecule has 5 nitrogen and oxygen atoms in total. The summed E-state index contributed by atoms with van der Waals surface area (Å²) in [6, 6.07) is 4.97. The standard InChI is InChI=1S/C9H5Cl2N3O2/c10-5-2-1-3-6(7(5)11)14-4-12-8(13-14)9(15)16/h1-4H,(H,15,16). The summed E-state index contributed by atoms with van der Waals surface area (Å²) in [5, 5.41) is 13.1. The zero-order valence-corrected chi connectivity index (χ0v) is 9.27. The third-order valence-corrected chi connectivity index (χ3v) is 2.67. The molecule has 0 aliphatic carbocycles. The van der Waals surface area contributed by atoms with E-state index in [0.29, 0.717) is 15.7 Å². The van der Waals surface area contributed by atoms with Crippen molar-refractivity contribution in [3.8, 4) is 5.69 Å². The lowest BCUT2D eigenvalue weighted by atomic mass is 10.3. The number of benzene rings is 1. The number of rotatable bonds is 2. The Morgan fingerprint density at radius 1 is 1.38 bits per heavy atom. The summed E-state index contributed by atoms with van der Waals surface area (Å²) in [6.45, 7) is 0. The molecule has 0 radical (unpaired) electrons. The second-order valence-corrected chi connectivity index (χ2v) is 3.68. The van der Waals surface area contributed by atoms with Crippen molar-refractivity contribution in [3.05, 3.63) is 40.4 Å². The molecule has 0 spiro atoms. The summed E-state index contributed by atoms with van der Waals surface area (Å²) in [6.07, 6.45) is 1.26. The minimum absolute atomic E-state index is 0.295. The molecular formula is C9H5Cl2N3O2. The molecule has 1 aromatic carbocycles. The first-order valence-corrected chi connectivity index (χ1v) is 4.94. The topological polar surface area (TPSA) is 68.0 Å². The molecule has 1 aromatic heterocycles. The van der Waals surface area contributed by atoms with Gasteiger partial charge in [0.1, 0.15) is 6.33 Å². The lowest BCUT2D eigenvalue weighted by Gasteiger charge is -2.03. The van der Waals surface area contributed by atoms with Crippen molar-refractivity contribution >= 4 is 29.2 Å². The molecule has 0 aliphatic heterocycles. The molecule has 0 amide bonds. The van der Waals surface area contributed by atoms with E-state index < -0.39 is 5.97 Å². The predicted octanol–water partition coefficient (Wildman–Crippen LogP) is 2.27. The van der Waals surface area contributed by atoms with E-state index >= 15 is 0 Å². The Labute approximate surface area is 100 Å². The zero-order valence-electron chi connectivity index (χ0n) is 7.76. The lowest BCUT2D eigenvalue weighted by Crippen LogP contribution is -2.02. The first kappa shape index (κ1) is 10.9. The third-order valence-electron chi connectivity index (χ3n) is 1.86. The van der Waals surface area contributed by atoms with Gasteiger partial charge in [-0.15, -0.1) is 5.10 Å². The highest BCUT2D eigenvalue weighted by Gasteiger charge is 2.12. The average molecular weight is 258 g/mol. The summed E-state index contributed by atoms with van der Waals surface area (Å²) in [5.41, 5.74) is 0.481. The maximum absolute atomic E-state index is 10.6. The summed E-state index contributed by atoms with van der Waals surface area (Å²) >= 11 is 11.8. The Balaban J connectivity index is 2.50. The second-order valence-electron chi connectivity index (χ2n) is 2.89. The molecule has 16 heavy (non-hydrogen) atoms. The summed E-state index contributed by atoms with van der Waals surface area (Å²) in [7, 11) is 0. The lowest BCUT2D eigenvalue weighted by molar-refractivity contribution is 0.0683. The highest BCUT2D eigenvalue weighted by atomic mass is 35.5. The smallest absolute Gasteiger partial charge is 0.375 e. The van der Waals surface area contributed by atoms with Gasteiger partial charge in [0.2, 0.25) is 0 Å². The molecule has 0 fully saturated rings. The molecule has 0 saturated carbocycles. The van der Waals surface area contributed by atoms with Crippen LogP contribution in [0, 0.1) is 0 Å². The maximum atomic E-state index is 10.6. The van der Waals surface area contributed by atoms with Crippen molar-refractivity contribution in [2.45, 2.75) is 0 Å². The quantitative estimate of drug-likeness (QED) is 0.897. The molecule has 7 heteroatoms. The predicted molar refractivity (Wildman–Crippen MR) is 58.3 cm³/mol. The molecule has 0 saturated heterocycles. The van der Waals surface area contributed by atoms with Crippen LogP contribution in [-0.4, -0.2) is 25.8 Å². The Morgan fingerprint density at radius 3 is 2.75 bits per heavy atom. The van der Waals surface area contributed by atoms with Gasteiger partial charge in [-0.1, -0.05) is 29.3 Å². The van der Waals surface area contributed by atoms with Crippen LogP contribution >= 0.6 is 23.2 Å². The molecule has 0 atom stereocenters. The number of nitrogens with zero attached hydrogens (tertiary/aromatic N) is 3. The molecule has 0 bridgehead atoms. The minimum Gasteiger partial charge on any atom is -0.475 e. The number of halogens is 2. The van der Waals surface area contributed by atoms with Gasteiger partial charge >= 0.3 is 5.97 Å². The van der Waals surface area contributed by atoms with E-state index in [1.807, 2.05) is 0 Å². The normalized spacial score (nSPS) is 10.4. The molecule has 2 aromatic rings. The number of carboxylic acids is 1. The summed E-state index contributed by atoms with van der Waals surface area (Å²) < 4.78 is 1.26. The van der Waals surface area contributed by atoms with Crippen molar-refractivity contribution in [2.75, 3.05) is 0 Å². The van der Waals surface area contributed by atoms with Crippen LogP contribution in [0.2, 0.25) is 10.0 Å². The average Bonchev–Trinajstić information content (AvgIpc) is 2.71. The van der Waals surface area contributed by atoms with Gasteiger partial charge in [-0.2, -0.15) is 0 Å². The van der Waals surface area contributed by atoms with E-state index in [1.54, 1.807) is 18.2 Å². The fourth-order valence-corrected chi connectivity index (χ4v) is 1.53. The van der Waals surface area contributed by atoms with Gasteiger partial charge in [0.05, 0.1) is 15.7 Å². The molecule has 82 valence electrons. The van der Waals surface area contributed by atoms with E-state index in [9.17, 15) is 4.79 Å². The maximum Gasteiger partial charge on any atom is 0.375 e. The van der Waals surface area contributed by atoms with Crippen LogP contribution < -0.4 is 0 Å². The van der Waals surface area contributed by atoms with Crippen LogP contribution in [0.1, 0.15) is 10.6 Å². The van der Waals surface area contributed by atoms with Crippen LogP contribution in [0.5, 0.6) is 0 Å². The van der Waals surface area contributed by atoms with Gasteiger partial charge in [-0.05, 0) is 12.1 Å². The number of hydrogen-bond donors (Lipinski definition) is 1. The second kappa shape index (κ2) is 4.11. The molecule has 2 rings (SSSR count). The third kappa shape index (κ3) is 1.87. The minimum atomic E-state index is -1.20. The Hall–Kier alpha value is -1.59. The summed E-state index contributed by atoms with van der Waals surface area (Å²) in [5.74, 6) is -1.49. The van der Waals surface area contributed by atoms with Crippen molar-refractivity contribution in [1.29, 1.82) is 0 Å². The highest BCUT2D eigenvalue weighted by molar-refractivity contribution is 6.43. The largest absolute Gasteiger partial charge is 0.475 e. The van der Waals surface area contributed by atoms with Gasteiger partial charge in [-0.3, -0.25) is 0 Å². The number of aromatic carboxylic acids is 1. The molecule has 1 heterocycles. The van der Waals surface area contributed by atoms with Crippen LogP contribution in [-0.2, 0) is 0 Å². The van der Waals surface area contributed by atoms with Crippen molar-refractivity contribution in [3.63, 3.8) is 0 Å². The molecule has 0 aliphatic rings.